The Morgan fingerprint density at radius 3 is 2.57 bits per heavy atom. The van der Waals surface area contributed by atoms with Gasteiger partial charge in [-0.1, -0.05) is 41.9 Å². The van der Waals surface area contributed by atoms with E-state index in [1.54, 1.807) is 11.0 Å². The van der Waals surface area contributed by atoms with Gasteiger partial charge in [0, 0.05) is 11.0 Å². The van der Waals surface area contributed by atoms with Gasteiger partial charge in [-0.15, -0.1) is 10.2 Å². The zero-order chi connectivity index (χ0) is 16.4. The third-order valence-electron chi connectivity index (χ3n) is 3.24. The van der Waals surface area contributed by atoms with Crippen LogP contribution in [0.4, 0.5) is 0 Å². The van der Waals surface area contributed by atoms with Crippen LogP contribution in [0.2, 0.25) is 0 Å². The number of hydrogen-bond donors (Lipinski definition) is 0. The number of nitrogens with zero attached hydrogens (tertiary/aromatic N) is 6. The lowest BCUT2D eigenvalue weighted by Gasteiger charge is -2.05. The standard InChI is InChI=1S/C15H16Br2N6/c1-10(2)8-22-14(17)13(7-18-22)15-19-21-23(20-15)9-11-3-5-12(16)6-4-11/h3-7,10H,8-9H2,1-2H3. The number of halogens is 2. The number of tetrazole rings is 1. The molecule has 0 radical (unpaired) electrons. The Kier molecular flexibility index (Phi) is 4.91. The molecule has 0 unspecified atom stereocenters. The first kappa shape index (κ1) is 16.3. The first-order valence-electron chi connectivity index (χ1n) is 7.27. The summed E-state index contributed by atoms with van der Waals surface area (Å²) in [5, 5.41) is 17.1. The molecule has 2 aromatic heterocycles. The lowest BCUT2D eigenvalue weighted by Crippen LogP contribution is -2.06. The number of rotatable bonds is 5. The lowest BCUT2D eigenvalue weighted by molar-refractivity contribution is 0.476. The van der Waals surface area contributed by atoms with Crippen molar-refractivity contribution in [1.82, 2.24) is 30.0 Å². The third kappa shape index (κ3) is 3.87. The molecule has 0 amide bonds. The summed E-state index contributed by atoms with van der Waals surface area (Å²) >= 11 is 7.01. The van der Waals surface area contributed by atoms with Crippen molar-refractivity contribution in [2.24, 2.45) is 5.92 Å². The molecule has 0 aliphatic heterocycles. The van der Waals surface area contributed by atoms with E-state index in [9.17, 15) is 0 Å². The monoisotopic (exact) mass is 438 g/mol. The van der Waals surface area contributed by atoms with Crippen LogP contribution in [0.25, 0.3) is 11.4 Å². The van der Waals surface area contributed by atoms with E-state index in [2.05, 4.69) is 66.2 Å². The van der Waals surface area contributed by atoms with Crippen LogP contribution in [-0.2, 0) is 13.1 Å². The predicted molar refractivity (Wildman–Crippen MR) is 94.8 cm³/mol. The minimum absolute atomic E-state index is 0.514. The highest BCUT2D eigenvalue weighted by molar-refractivity contribution is 9.10. The summed E-state index contributed by atoms with van der Waals surface area (Å²) in [5.41, 5.74) is 1.97. The van der Waals surface area contributed by atoms with Crippen molar-refractivity contribution in [3.8, 4) is 11.4 Å². The maximum atomic E-state index is 4.45. The van der Waals surface area contributed by atoms with Gasteiger partial charge in [0.05, 0.1) is 18.3 Å². The summed E-state index contributed by atoms with van der Waals surface area (Å²) in [7, 11) is 0. The molecule has 23 heavy (non-hydrogen) atoms. The van der Waals surface area contributed by atoms with Crippen molar-refractivity contribution in [3.63, 3.8) is 0 Å². The fourth-order valence-electron chi connectivity index (χ4n) is 2.16. The number of benzene rings is 1. The Morgan fingerprint density at radius 1 is 1.13 bits per heavy atom. The molecule has 0 saturated carbocycles. The average Bonchev–Trinajstić information content (AvgIpc) is 3.09. The summed E-state index contributed by atoms with van der Waals surface area (Å²) in [6.45, 7) is 5.73. The molecule has 6 nitrogen and oxygen atoms in total. The Labute approximate surface area is 151 Å². The summed E-state index contributed by atoms with van der Waals surface area (Å²) in [4.78, 5) is 1.59. The SMILES string of the molecule is CC(C)Cn1ncc(-c2nnn(Cc3ccc(Br)cc3)n2)c1Br. The third-order valence-corrected chi connectivity index (χ3v) is 4.61. The van der Waals surface area contributed by atoms with Gasteiger partial charge in [0.15, 0.2) is 0 Å². The summed E-state index contributed by atoms with van der Waals surface area (Å²) in [5.74, 6) is 1.09. The molecule has 0 atom stereocenters. The van der Waals surface area contributed by atoms with Gasteiger partial charge in [0.2, 0.25) is 5.82 Å². The normalized spacial score (nSPS) is 11.3. The first-order chi connectivity index (χ1) is 11.0. The van der Waals surface area contributed by atoms with Crippen LogP contribution in [0.15, 0.2) is 39.5 Å². The zero-order valence-corrected chi connectivity index (χ0v) is 16.0. The molecule has 0 aliphatic carbocycles. The second-order valence-corrected chi connectivity index (χ2v) is 7.36. The van der Waals surface area contributed by atoms with Crippen LogP contribution in [0.5, 0.6) is 0 Å². The predicted octanol–water partition coefficient (Wildman–Crippen LogP) is 3.77. The van der Waals surface area contributed by atoms with Crippen LogP contribution in [0, 0.1) is 5.92 Å². The van der Waals surface area contributed by atoms with E-state index < -0.39 is 0 Å². The highest BCUT2D eigenvalue weighted by Crippen LogP contribution is 2.25. The van der Waals surface area contributed by atoms with E-state index in [4.69, 9.17) is 0 Å². The Bertz CT molecular complexity index is 791. The van der Waals surface area contributed by atoms with Crippen LogP contribution < -0.4 is 0 Å². The van der Waals surface area contributed by atoms with Crippen molar-refractivity contribution in [1.29, 1.82) is 0 Å². The van der Waals surface area contributed by atoms with E-state index >= 15 is 0 Å². The van der Waals surface area contributed by atoms with Crippen molar-refractivity contribution in [3.05, 3.63) is 45.1 Å². The van der Waals surface area contributed by atoms with Gasteiger partial charge in [-0.25, -0.2) is 0 Å². The molecular formula is C15H16Br2N6. The number of aromatic nitrogens is 6. The average molecular weight is 440 g/mol. The largest absolute Gasteiger partial charge is 0.257 e. The zero-order valence-electron chi connectivity index (χ0n) is 12.8. The first-order valence-corrected chi connectivity index (χ1v) is 8.85. The highest BCUT2D eigenvalue weighted by Gasteiger charge is 2.15. The summed E-state index contributed by atoms with van der Waals surface area (Å²) in [6.07, 6.45) is 1.77. The molecule has 3 rings (SSSR count). The van der Waals surface area contributed by atoms with Crippen molar-refractivity contribution >= 4 is 31.9 Å². The molecule has 0 saturated heterocycles. The Balaban J connectivity index is 1.79. The van der Waals surface area contributed by atoms with Gasteiger partial charge >= 0.3 is 0 Å². The second kappa shape index (κ2) is 6.92. The summed E-state index contributed by atoms with van der Waals surface area (Å²) in [6, 6.07) is 8.06. The van der Waals surface area contributed by atoms with Crippen LogP contribution in [-0.4, -0.2) is 30.0 Å². The molecule has 2 heterocycles. The fraction of sp³-hybridized carbons (Fsp3) is 0.333. The van der Waals surface area contributed by atoms with Gasteiger partial charge < -0.3 is 0 Å². The molecular weight excluding hydrogens is 424 g/mol. The molecule has 0 bridgehead atoms. The smallest absolute Gasteiger partial charge is 0.209 e. The maximum Gasteiger partial charge on any atom is 0.209 e. The molecule has 0 N–H and O–H groups in total. The Hall–Kier alpha value is -1.54. The minimum atomic E-state index is 0.514. The van der Waals surface area contributed by atoms with Crippen LogP contribution >= 0.6 is 31.9 Å². The minimum Gasteiger partial charge on any atom is -0.257 e. The van der Waals surface area contributed by atoms with Gasteiger partial charge in [-0.3, -0.25) is 4.68 Å². The van der Waals surface area contributed by atoms with Crippen LogP contribution in [0.3, 0.4) is 0 Å². The van der Waals surface area contributed by atoms with E-state index in [1.807, 2.05) is 28.9 Å². The molecule has 120 valence electrons. The van der Waals surface area contributed by atoms with Gasteiger partial charge in [0.1, 0.15) is 4.60 Å². The van der Waals surface area contributed by atoms with Gasteiger partial charge in [0.25, 0.3) is 0 Å². The molecule has 1 aromatic carbocycles. The fourth-order valence-corrected chi connectivity index (χ4v) is 2.95. The van der Waals surface area contributed by atoms with Crippen LogP contribution in [0.1, 0.15) is 19.4 Å². The van der Waals surface area contributed by atoms with Crippen molar-refractivity contribution < 1.29 is 0 Å². The maximum absolute atomic E-state index is 4.45. The Morgan fingerprint density at radius 2 is 1.87 bits per heavy atom. The quantitative estimate of drug-likeness (QED) is 0.607. The van der Waals surface area contributed by atoms with E-state index in [1.165, 1.54) is 0 Å². The van der Waals surface area contributed by atoms with Crippen molar-refractivity contribution in [2.45, 2.75) is 26.9 Å². The molecule has 0 fully saturated rings. The molecule has 0 spiro atoms. The van der Waals surface area contributed by atoms with Gasteiger partial charge in [-0.05, 0) is 44.8 Å². The van der Waals surface area contributed by atoms with E-state index in [-0.39, 0.29) is 0 Å². The lowest BCUT2D eigenvalue weighted by atomic mass is 10.2. The molecule has 3 aromatic rings. The van der Waals surface area contributed by atoms with E-state index in [0.29, 0.717) is 18.3 Å². The molecule has 8 heteroatoms. The van der Waals surface area contributed by atoms with Gasteiger partial charge in [-0.2, -0.15) is 9.90 Å². The van der Waals surface area contributed by atoms with E-state index in [0.717, 1.165) is 26.7 Å². The topological polar surface area (TPSA) is 61.4 Å². The number of hydrogen-bond acceptors (Lipinski definition) is 4. The van der Waals surface area contributed by atoms with Crippen molar-refractivity contribution in [2.75, 3.05) is 0 Å². The summed E-state index contributed by atoms with van der Waals surface area (Å²) < 4.78 is 3.85. The molecule has 0 aliphatic rings. The highest BCUT2D eigenvalue weighted by atomic mass is 79.9. The second-order valence-electron chi connectivity index (χ2n) is 5.69.